The third-order valence-electron chi connectivity index (χ3n) is 7.87. The lowest BCUT2D eigenvalue weighted by molar-refractivity contribution is -0.278. The molecule has 1 heterocycles. The van der Waals surface area contributed by atoms with Crippen LogP contribution < -0.4 is 20.9 Å². The molecule has 0 amide bonds. The molecule has 7 N–H and O–H groups in total. The summed E-state index contributed by atoms with van der Waals surface area (Å²) >= 11 is 0. The summed E-state index contributed by atoms with van der Waals surface area (Å²) in [6.07, 6.45) is -2.89. The summed E-state index contributed by atoms with van der Waals surface area (Å²) in [5.41, 5.74) is 11.4. The van der Waals surface area contributed by atoms with Gasteiger partial charge in [-0.1, -0.05) is 36.4 Å². The Labute approximate surface area is 270 Å². The first-order valence-electron chi connectivity index (χ1n) is 14.8. The van der Waals surface area contributed by atoms with Gasteiger partial charge in [0, 0.05) is 34.7 Å². The van der Waals surface area contributed by atoms with E-state index in [-0.39, 0.29) is 64.0 Å². The predicted octanol–water partition coefficient (Wildman–Crippen LogP) is 2.08. The van der Waals surface area contributed by atoms with Gasteiger partial charge in [-0.3, -0.25) is 19.4 Å². The van der Waals surface area contributed by atoms with Gasteiger partial charge in [-0.25, -0.2) is 0 Å². The monoisotopic (exact) mass is 645 g/mol. The number of phenolic OH excluding ortho intramolecular Hbond substituents is 1. The second kappa shape index (κ2) is 13.7. The van der Waals surface area contributed by atoms with E-state index >= 15 is 0 Å². The fourth-order valence-electron chi connectivity index (χ4n) is 5.49. The summed E-state index contributed by atoms with van der Waals surface area (Å²) in [6, 6.07) is 13.3. The van der Waals surface area contributed by atoms with Gasteiger partial charge in [0.25, 0.3) is 0 Å². The van der Waals surface area contributed by atoms with E-state index in [9.17, 15) is 29.7 Å². The van der Waals surface area contributed by atoms with Crippen molar-refractivity contribution in [2.75, 3.05) is 13.2 Å². The van der Waals surface area contributed by atoms with Crippen LogP contribution >= 0.6 is 0 Å². The molecule has 13 nitrogen and oxygen atoms in total. The number of hydrogen-bond donors (Lipinski definition) is 5. The molecule has 1 fully saturated rings. The molecule has 0 radical (unpaired) electrons. The number of hydrogen-bond acceptors (Lipinski definition) is 11. The summed E-state index contributed by atoms with van der Waals surface area (Å²) in [4.78, 5) is 43.8. The van der Waals surface area contributed by atoms with Gasteiger partial charge in [-0.05, 0) is 43.7 Å². The van der Waals surface area contributed by atoms with Crippen LogP contribution in [-0.2, 0) is 14.3 Å². The Bertz CT molecular complexity index is 1770. The van der Waals surface area contributed by atoms with Crippen LogP contribution in [0.3, 0.4) is 0 Å². The van der Waals surface area contributed by atoms with E-state index < -0.39 is 54.0 Å². The maximum absolute atomic E-state index is 14.2. The van der Waals surface area contributed by atoms with Gasteiger partial charge in [0.05, 0.1) is 24.8 Å². The molecule has 5 rings (SSSR count). The SMILES string of the molecule is CC(=O)Oc1ccc2c(c1C=Cc1ccccc1)C(=O)c1cc(OC3OC(C)C(O)C(O)C3OCCN=C(N)N)c(C)c(O)c1C2=O. The van der Waals surface area contributed by atoms with Crippen molar-refractivity contribution < 1.29 is 48.7 Å². The Morgan fingerprint density at radius 3 is 2.36 bits per heavy atom. The molecule has 246 valence electrons. The summed E-state index contributed by atoms with van der Waals surface area (Å²) in [5.74, 6) is -2.48. The molecule has 0 bridgehead atoms. The van der Waals surface area contributed by atoms with Crippen molar-refractivity contribution in [1.82, 2.24) is 0 Å². The Hall–Kier alpha value is -5.08. The molecule has 2 aliphatic rings. The lowest BCUT2D eigenvalue weighted by Gasteiger charge is -2.41. The lowest BCUT2D eigenvalue weighted by Crippen LogP contribution is -2.59. The molecule has 1 saturated heterocycles. The van der Waals surface area contributed by atoms with Crippen molar-refractivity contribution in [2.24, 2.45) is 16.5 Å². The van der Waals surface area contributed by atoms with Gasteiger partial charge < -0.3 is 45.7 Å². The minimum Gasteiger partial charge on any atom is -0.507 e. The second-order valence-corrected chi connectivity index (χ2v) is 11.1. The van der Waals surface area contributed by atoms with Crippen LogP contribution in [0.1, 0.15) is 62.4 Å². The van der Waals surface area contributed by atoms with Gasteiger partial charge in [0.15, 0.2) is 17.5 Å². The zero-order valence-corrected chi connectivity index (χ0v) is 25.9. The standard InChI is InChI=1S/C34H35N3O10/c1-16-24(47-33-32(44-14-13-37-34(35)36)31(43)28(40)17(2)45-33)15-22-26(27(16)39)29(41)21-11-12-23(46-18(3)38)20(25(21)30(22)42)10-9-19-7-5-4-6-8-19/h4-12,15,17,28,31-33,39-40,43H,13-14H2,1-3H3,(H4,35,36,37). The largest absolute Gasteiger partial charge is 0.507 e. The highest BCUT2D eigenvalue weighted by Gasteiger charge is 2.45. The zero-order chi connectivity index (χ0) is 34.0. The number of ether oxygens (including phenoxy) is 4. The number of phenols is 1. The summed E-state index contributed by atoms with van der Waals surface area (Å²) in [5, 5.41) is 32.5. The van der Waals surface area contributed by atoms with E-state index in [1.54, 1.807) is 12.2 Å². The topological polar surface area (TPSA) is 213 Å². The minimum absolute atomic E-state index is 0.0188. The Morgan fingerprint density at radius 2 is 1.68 bits per heavy atom. The number of aromatic hydroxyl groups is 1. The molecular formula is C34H35N3O10. The van der Waals surface area contributed by atoms with E-state index in [0.717, 1.165) is 5.56 Å². The number of aliphatic hydroxyl groups is 2. The van der Waals surface area contributed by atoms with Crippen molar-refractivity contribution in [3.8, 4) is 17.2 Å². The Morgan fingerprint density at radius 1 is 0.979 bits per heavy atom. The Balaban J connectivity index is 1.56. The fraction of sp³-hybridized carbons (Fsp3) is 0.294. The van der Waals surface area contributed by atoms with Crippen molar-refractivity contribution >= 4 is 35.6 Å². The molecule has 3 aromatic carbocycles. The van der Waals surface area contributed by atoms with E-state index in [1.165, 1.54) is 39.0 Å². The maximum atomic E-state index is 14.2. The van der Waals surface area contributed by atoms with Crippen molar-refractivity contribution in [1.29, 1.82) is 0 Å². The van der Waals surface area contributed by atoms with E-state index in [0.29, 0.717) is 0 Å². The number of aliphatic imine (C=N–C) groups is 1. The molecule has 0 aromatic heterocycles. The van der Waals surface area contributed by atoms with Crippen LogP contribution in [-0.4, -0.2) is 82.7 Å². The molecule has 47 heavy (non-hydrogen) atoms. The number of carbonyl (C=O) groups is 3. The molecule has 3 aromatic rings. The molecule has 0 spiro atoms. The van der Waals surface area contributed by atoms with Gasteiger partial charge >= 0.3 is 5.97 Å². The number of esters is 1. The third kappa shape index (κ3) is 6.74. The quantitative estimate of drug-likeness (QED) is 0.0442. The zero-order valence-electron chi connectivity index (χ0n) is 25.9. The highest BCUT2D eigenvalue weighted by molar-refractivity contribution is 6.31. The molecule has 5 unspecified atom stereocenters. The average molecular weight is 646 g/mol. The maximum Gasteiger partial charge on any atom is 0.308 e. The summed E-state index contributed by atoms with van der Waals surface area (Å²) in [7, 11) is 0. The van der Waals surface area contributed by atoms with Gasteiger partial charge in [-0.15, -0.1) is 0 Å². The minimum atomic E-state index is -1.44. The van der Waals surface area contributed by atoms with Crippen molar-refractivity contribution in [3.05, 3.63) is 87.5 Å². The van der Waals surface area contributed by atoms with Gasteiger partial charge in [0.1, 0.15) is 35.6 Å². The molecule has 5 atom stereocenters. The molecular weight excluding hydrogens is 610 g/mol. The lowest BCUT2D eigenvalue weighted by atomic mass is 9.80. The van der Waals surface area contributed by atoms with Crippen molar-refractivity contribution in [2.45, 2.75) is 51.5 Å². The molecule has 0 saturated carbocycles. The molecule has 13 heteroatoms. The van der Waals surface area contributed by atoms with Crippen LogP contribution in [0.2, 0.25) is 0 Å². The summed E-state index contributed by atoms with van der Waals surface area (Å²) in [6.45, 7) is 4.23. The first-order chi connectivity index (χ1) is 22.4. The number of ketones is 2. The van der Waals surface area contributed by atoms with E-state index in [4.69, 9.17) is 30.4 Å². The molecule has 1 aliphatic carbocycles. The van der Waals surface area contributed by atoms with Crippen LogP contribution in [0.25, 0.3) is 12.2 Å². The number of benzene rings is 3. The van der Waals surface area contributed by atoms with Gasteiger partial charge in [-0.2, -0.15) is 0 Å². The number of fused-ring (bicyclic) bond motifs is 2. The number of rotatable bonds is 9. The van der Waals surface area contributed by atoms with E-state index in [2.05, 4.69) is 4.99 Å². The number of guanidine groups is 1. The average Bonchev–Trinajstić information content (AvgIpc) is 3.03. The normalized spacial score (nSPS) is 22.0. The van der Waals surface area contributed by atoms with Crippen LogP contribution in [0.4, 0.5) is 0 Å². The number of carbonyl (C=O) groups excluding carboxylic acids is 3. The van der Waals surface area contributed by atoms with Crippen LogP contribution in [0, 0.1) is 6.92 Å². The predicted molar refractivity (Wildman–Crippen MR) is 170 cm³/mol. The smallest absolute Gasteiger partial charge is 0.308 e. The van der Waals surface area contributed by atoms with Crippen molar-refractivity contribution in [3.63, 3.8) is 0 Å². The highest BCUT2D eigenvalue weighted by atomic mass is 16.7. The number of nitrogens with two attached hydrogens (primary N) is 2. The fourth-order valence-corrected chi connectivity index (χ4v) is 5.49. The number of nitrogens with zero attached hydrogens (tertiary/aromatic N) is 1. The highest BCUT2D eigenvalue weighted by Crippen LogP contribution is 2.43. The third-order valence-corrected chi connectivity index (χ3v) is 7.87. The summed E-state index contributed by atoms with van der Waals surface area (Å²) < 4.78 is 23.0. The van der Waals surface area contributed by atoms with Gasteiger partial charge in [0.2, 0.25) is 6.29 Å². The molecule has 1 aliphatic heterocycles. The Kier molecular flexibility index (Phi) is 9.72. The number of aliphatic hydroxyl groups excluding tert-OH is 2. The van der Waals surface area contributed by atoms with E-state index in [1.807, 2.05) is 30.3 Å². The first-order valence-corrected chi connectivity index (χ1v) is 14.8. The van der Waals surface area contributed by atoms with Crippen LogP contribution in [0.15, 0.2) is 53.5 Å². The second-order valence-electron chi connectivity index (χ2n) is 11.1. The first kappa shape index (κ1) is 33.3. The van der Waals surface area contributed by atoms with Crippen LogP contribution in [0.5, 0.6) is 17.2 Å².